The summed E-state index contributed by atoms with van der Waals surface area (Å²) in [5.41, 5.74) is 3.95. The van der Waals surface area contributed by atoms with Crippen molar-refractivity contribution in [2.45, 2.75) is 19.9 Å². The van der Waals surface area contributed by atoms with Crippen molar-refractivity contribution in [3.8, 4) is 23.0 Å². The largest absolute Gasteiger partial charge is 0.458 e. The number of anilines is 1. The lowest BCUT2D eigenvalue weighted by atomic mass is 10.00. The quantitative estimate of drug-likeness (QED) is 0.518. The van der Waals surface area contributed by atoms with E-state index in [1.54, 1.807) is 12.3 Å². The van der Waals surface area contributed by atoms with Crippen LogP contribution < -0.4 is 5.32 Å². The molecular weight excluding hydrogens is 402 g/mol. The normalized spacial score (nSPS) is 13.5. The Kier molecular flexibility index (Phi) is 5.47. The molecule has 0 radical (unpaired) electrons. The molecule has 0 unspecified atom stereocenters. The highest BCUT2D eigenvalue weighted by atomic mass is 16.3. The molecule has 32 heavy (non-hydrogen) atoms. The summed E-state index contributed by atoms with van der Waals surface area (Å²) < 4.78 is 5.71. The van der Waals surface area contributed by atoms with Crippen LogP contribution >= 0.6 is 0 Å². The van der Waals surface area contributed by atoms with Crippen molar-refractivity contribution in [1.29, 1.82) is 0 Å². The number of carbonyl (C=O) groups is 1. The van der Waals surface area contributed by atoms with Crippen LogP contribution in [0, 0.1) is 6.92 Å². The smallest absolute Gasteiger partial charge is 0.239 e. The van der Waals surface area contributed by atoms with Gasteiger partial charge in [0.15, 0.2) is 11.6 Å². The van der Waals surface area contributed by atoms with E-state index in [0.29, 0.717) is 35.3 Å². The van der Waals surface area contributed by atoms with Gasteiger partial charge in [0, 0.05) is 25.4 Å². The Labute approximate surface area is 186 Å². The third kappa shape index (κ3) is 4.43. The second-order valence-electron chi connectivity index (χ2n) is 7.86. The molecule has 7 nitrogen and oxygen atoms in total. The Hall–Kier alpha value is -3.84. The number of rotatable bonds is 5. The molecule has 160 valence electrons. The number of nitrogens with zero attached hydrogens (tertiary/aromatic N) is 4. The minimum absolute atomic E-state index is 0.114. The Balaban J connectivity index is 1.37. The van der Waals surface area contributed by atoms with Crippen molar-refractivity contribution in [2.24, 2.45) is 0 Å². The summed E-state index contributed by atoms with van der Waals surface area (Å²) in [5, 5.41) is 2.94. The van der Waals surface area contributed by atoms with Gasteiger partial charge >= 0.3 is 0 Å². The number of benzene rings is 1. The zero-order valence-corrected chi connectivity index (χ0v) is 17.8. The van der Waals surface area contributed by atoms with Crippen LogP contribution in [0.25, 0.3) is 23.0 Å². The number of aromatic nitrogens is 3. The molecule has 7 heteroatoms. The molecule has 1 aromatic carbocycles. The van der Waals surface area contributed by atoms with Crippen LogP contribution in [0.1, 0.15) is 16.9 Å². The second-order valence-corrected chi connectivity index (χ2v) is 7.86. The van der Waals surface area contributed by atoms with Crippen molar-refractivity contribution < 1.29 is 9.21 Å². The standard InChI is InChI=1S/C25H23N5O2/c1-17-9-10-22(32-17)25-27-21(20-8-4-5-12-26-20)14-23(29-25)28-24(31)16-30-13-11-18-6-2-3-7-19(18)15-30/h2-10,12,14H,11,13,15-16H2,1H3,(H,27,28,29,31). The summed E-state index contributed by atoms with van der Waals surface area (Å²) in [5.74, 6) is 2.03. The van der Waals surface area contributed by atoms with Gasteiger partial charge in [-0.2, -0.15) is 0 Å². The van der Waals surface area contributed by atoms with Gasteiger partial charge in [0.25, 0.3) is 0 Å². The molecular formula is C25H23N5O2. The van der Waals surface area contributed by atoms with Gasteiger partial charge in [0.1, 0.15) is 11.6 Å². The van der Waals surface area contributed by atoms with E-state index in [4.69, 9.17) is 4.42 Å². The first kappa shape index (κ1) is 20.1. The fraction of sp³-hybridized carbons (Fsp3) is 0.200. The van der Waals surface area contributed by atoms with Crippen molar-refractivity contribution in [3.05, 3.63) is 83.7 Å². The fourth-order valence-corrected chi connectivity index (χ4v) is 3.90. The van der Waals surface area contributed by atoms with Gasteiger partial charge in [-0.15, -0.1) is 0 Å². The van der Waals surface area contributed by atoms with Gasteiger partial charge in [-0.05, 0) is 48.7 Å². The molecule has 1 aliphatic heterocycles. The van der Waals surface area contributed by atoms with Crippen LogP contribution in [0.5, 0.6) is 0 Å². The van der Waals surface area contributed by atoms with Crippen molar-refractivity contribution >= 4 is 11.7 Å². The topological polar surface area (TPSA) is 84.2 Å². The lowest BCUT2D eigenvalue weighted by Gasteiger charge is -2.28. The maximum Gasteiger partial charge on any atom is 0.239 e. The van der Waals surface area contributed by atoms with Gasteiger partial charge in [0.2, 0.25) is 5.91 Å². The Bertz CT molecular complexity index is 1250. The molecule has 0 aliphatic carbocycles. The summed E-state index contributed by atoms with van der Waals surface area (Å²) in [7, 11) is 0. The van der Waals surface area contributed by atoms with E-state index < -0.39 is 0 Å². The average Bonchev–Trinajstić information content (AvgIpc) is 3.25. The van der Waals surface area contributed by atoms with E-state index in [9.17, 15) is 4.79 Å². The first-order valence-electron chi connectivity index (χ1n) is 10.6. The molecule has 0 fully saturated rings. The summed E-state index contributed by atoms with van der Waals surface area (Å²) in [4.78, 5) is 28.5. The zero-order valence-electron chi connectivity index (χ0n) is 17.8. The lowest BCUT2D eigenvalue weighted by molar-refractivity contribution is -0.117. The Morgan fingerprint density at radius 1 is 1.03 bits per heavy atom. The van der Waals surface area contributed by atoms with Crippen molar-refractivity contribution in [1.82, 2.24) is 19.9 Å². The molecule has 4 aromatic rings. The first-order chi connectivity index (χ1) is 15.6. The lowest BCUT2D eigenvalue weighted by Crippen LogP contribution is -2.37. The molecule has 0 saturated heterocycles. The molecule has 5 rings (SSSR count). The average molecular weight is 425 g/mol. The van der Waals surface area contributed by atoms with E-state index in [0.717, 1.165) is 25.3 Å². The van der Waals surface area contributed by atoms with Crippen LogP contribution in [-0.2, 0) is 17.8 Å². The van der Waals surface area contributed by atoms with Crippen molar-refractivity contribution in [3.63, 3.8) is 0 Å². The fourth-order valence-electron chi connectivity index (χ4n) is 3.90. The summed E-state index contributed by atoms with van der Waals surface area (Å²) in [6.45, 7) is 3.78. The Morgan fingerprint density at radius 3 is 2.66 bits per heavy atom. The number of aryl methyl sites for hydroxylation is 1. The third-order valence-electron chi connectivity index (χ3n) is 5.46. The highest BCUT2D eigenvalue weighted by molar-refractivity contribution is 5.92. The van der Waals surface area contributed by atoms with E-state index in [1.165, 1.54) is 11.1 Å². The van der Waals surface area contributed by atoms with Crippen LogP contribution in [-0.4, -0.2) is 38.8 Å². The number of hydrogen-bond acceptors (Lipinski definition) is 6. The number of amides is 1. The first-order valence-corrected chi connectivity index (χ1v) is 10.6. The van der Waals surface area contributed by atoms with E-state index in [2.05, 4.69) is 43.4 Å². The Morgan fingerprint density at radius 2 is 1.88 bits per heavy atom. The predicted octanol–water partition coefficient (Wildman–Crippen LogP) is 4.10. The van der Waals surface area contributed by atoms with Gasteiger partial charge < -0.3 is 9.73 Å². The van der Waals surface area contributed by atoms with Gasteiger partial charge in [-0.1, -0.05) is 30.3 Å². The highest BCUT2D eigenvalue weighted by Gasteiger charge is 2.19. The van der Waals surface area contributed by atoms with Gasteiger partial charge in [-0.3, -0.25) is 14.7 Å². The summed E-state index contributed by atoms with van der Waals surface area (Å²) in [6, 6.07) is 19.4. The minimum atomic E-state index is -0.114. The number of pyridine rings is 1. The molecule has 4 heterocycles. The summed E-state index contributed by atoms with van der Waals surface area (Å²) in [6.07, 6.45) is 2.66. The molecule has 3 aromatic heterocycles. The predicted molar refractivity (Wildman–Crippen MR) is 122 cm³/mol. The second kappa shape index (κ2) is 8.72. The zero-order chi connectivity index (χ0) is 21.9. The van der Waals surface area contributed by atoms with E-state index >= 15 is 0 Å². The molecule has 0 saturated carbocycles. The maximum atomic E-state index is 12.8. The van der Waals surface area contributed by atoms with Crippen LogP contribution in [0.3, 0.4) is 0 Å². The maximum absolute atomic E-state index is 12.8. The molecule has 1 aliphatic rings. The monoisotopic (exact) mass is 425 g/mol. The van der Waals surface area contributed by atoms with E-state index in [-0.39, 0.29) is 5.91 Å². The summed E-state index contributed by atoms with van der Waals surface area (Å²) >= 11 is 0. The molecule has 0 atom stereocenters. The van der Waals surface area contributed by atoms with Crippen LogP contribution in [0.15, 0.2) is 71.3 Å². The molecule has 0 bridgehead atoms. The van der Waals surface area contributed by atoms with Crippen LogP contribution in [0.4, 0.5) is 5.82 Å². The van der Waals surface area contributed by atoms with E-state index in [1.807, 2.05) is 43.3 Å². The molecule has 1 N–H and O–H groups in total. The third-order valence-corrected chi connectivity index (χ3v) is 5.46. The van der Waals surface area contributed by atoms with Gasteiger partial charge in [-0.25, -0.2) is 9.97 Å². The number of carbonyl (C=O) groups excluding carboxylic acids is 1. The SMILES string of the molecule is Cc1ccc(-c2nc(NC(=O)CN3CCc4ccccc4C3)cc(-c3ccccn3)n2)o1. The number of nitrogens with one attached hydrogen (secondary N) is 1. The number of fused-ring (bicyclic) bond motifs is 1. The highest BCUT2D eigenvalue weighted by Crippen LogP contribution is 2.25. The van der Waals surface area contributed by atoms with Gasteiger partial charge in [0.05, 0.1) is 17.9 Å². The molecule has 1 amide bonds. The minimum Gasteiger partial charge on any atom is -0.458 e. The number of furan rings is 1. The van der Waals surface area contributed by atoms with Crippen LogP contribution in [0.2, 0.25) is 0 Å². The van der Waals surface area contributed by atoms with Crippen molar-refractivity contribution in [2.75, 3.05) is 18.4 Å². The number of hydrogen-bond donors (Lipinski definition) is 1. The molecule has 0 spiro atoms.